The zero-order chi connectivity index (χ0) is 14.4. The van der Waals surface area contributed by atoms with Crippen LogP contribution in [0, 0.1) is 0 Å². The van der Waals surface area contributed by atoms with Crippen molar-refractivity contribution in [3.05, 3.63) is 58.5 Å². The van der Waals surface area contributed by atoms with Gasteiger partial charge in [-0.1, -0.05) is 52.3 Å². The lowest BCUT2D eigenvalue weighted by Gasteiger charge is -2.09. The lowest BCUT2D eigenvalue weighted by molar-refractivity contribution is -0.112. The number of hydrogen-bond donors (Lipinski definition) is 0. The molecule has 0 amide bonds. The van der Waals surface area contributed by atoms with E-state index in [-0.39, 0.29) is 5.78 Å². The Hall–Kier alpha value is -1.93. The molecule has 1 aliphatic carbocycles. The fraction of sp³-hybridized carbons (Fsp3) is 0.105. The monoisotopic (exact) mass is 336 g/mol. The van der Waals surface area contributed by atoms with Crippen molar-refractivity contribution in [3.63, 3.8) is 0 Å². The third-order valence-corrected chi connectivity index (χ3v) is 4.74. The smallest absolute Gasteiger partial charge is 0.160 e. The van der Waals surface area contributed by atoms with Crippen LogP contribution in [0.4, 0.5) is 0 Å². The number of carbonyl (C=O) groups is 1. The van der Waals surface area contributed by atoms with Gasteiger partial charge in [0.1, 0.15) is 0 Å². The molecule has 0 bridgehead atoms. The Morgan fingerprint density at radius 3 is 2.71 bits per heavy atom. The second-order valence-electron chi connectivity index (χ2n) is 5.44. The first-order valence-electron chi connectivity index (χ1n) is 7.01. The van der Waals surface area contributed by atoms with Crippen LogP contribution in [-0.2, 0) is 10.1 Å². The molecule has 0 heterocycles. The number of rotatable bonds is 1. The maximum Gasteiger partial charge on any atom is 0.160 e. The molecule has 1 nitrogen and oxygen atoms in total. The van der Waals surface area contributed by atoms with Crippen molar-refractivity contribution in [1.29, 1.82) is 0 Å². The summed E-state index contributed by atoms with van der Waals surface area (Å²) in [5, 5.41) is 8.06. The normalized spacial score (nSPS) is 13.9. The van der Waals surface area contributed by atoms with Crippen LogP contribution in [-0.4, -0.2) is 5.78 Å². The predicted octanol–water partition coefficient (Wildman–Crippen LogP) is 3.42. The van der Waals surface area contributed by atoms with E-state index < -0.39 is 0 Å². The van der Waals surface area contributed by atoms with Crippen LogP contribution in [0.15, 0.2) is 42.5 Å². The Kier molecular flexibility index (Phi) is 2.93. The lowest BCUT2D eigenvalue weighted by Crippen LogP contribution is -2.28. The molecule has 1 aliphatic rings. The molecule has 2 heteroatoms. The average molecular weight is 337 g/mol. The van der Waals surface area contributed by atoms with Crippen LogP contribution >= 0.6 is 15.9 Å². The molecule has 3 aromatic rings. The number of halogens is 1. The largest absolute Gasteiger partial charge is 0.294 e. The third kappa shape index (κ3) is 2.02. The first kappa shape index (κ1) is 12.8. The Bertz CT molecular complexity index is 1020. The van der Waals surface area contributed by atoms with E-state index in [1.807, 2.05) is 6.08 Å². The van der Waals surface area contributed by atoms with E-state index in [1.54, 1.807) is 6.08 Å². The summed E-state index contributed by atoms with van der Waals surface area (Å²) in [7, 11) is 0. The number of fused-ring (bicyclic) bond motifs is 4. The minimum Gasteiger partial charge on any atom is -0.294 e. The van der Waals surface area contributed by atoms with Gasteiger partial charge in [-0.2, -0.15) is 0 Å². The van der Waals surface area contributed by atoms with E-state index in [4.69, 9.17) is 0 Å². The number of ketones is 1. The molecular formula is C19H13BrO. The molecule has 3 aromatic carbocycles. The van der Waals surface area contributed by atoms with Gasteiger partial charge in [0, 0.05) is 11.8 Å². The molecule has 0 N–H and O–H groups in total. The molecule has 0 spiro atoms. The molecule has 0 saturated carbocycles. The van der Waals surface area contributed by atoms with E-state index >= 15 is 0 Å². The molecular weight excluding hydrogens is 324 g/mol. The number of carbonyl (C=O) groups excluding carboxylic acids is 1. The van der Waals surface area contributed by atoms with Crippen molar-refractivity contribution < 1.29 is 4.79 Å². The van der Waals surface area contributed by atoms with Crippen molar-refractivity contribution in [2.45, 2.75) is 11.8 Å². The van der Waals surface area contributed by atoms with Crippen LogP contribution in [0.3, 0.4) is 0 Å². The zero-order valence-electron chi connectivity index (χ0n) is 11.4. The van der Waals surface area contributed by atoms with Gasteiger partial charge in [-0.15, -0.1) is 0 Å². The van der Waals surface area contributed by atoms with Gasteiger partial charge in [-0.3, -0.25) is 4.79 Å². The second kappa shape index (κ2) is 4.81. The number of Topliss-reactive ketones (excluding diaryl/α,β-unsaturated/α-hetero) is 1. The fourth-order valence-electron chi connectivity index (χ4n) is 3.13. The van der Waals surface area contributed by atoms with Gasteiger partial charge in [0.05, 0.1) is 0 Å². The summed E-state index contributed by atoms with van der Waals surface area (Å²) in [6.07, 6.45) is 4.30. The van der Waals surface area contributed by atoms with E-state index in [1.165, 1.54) is 32.3 Å². The standard InChI is InChI=1S/C19H13BrO/c20-11-15-3-1-2-12-4-5-14-8-16-9-17(21)7-6-13(16)10-18(14)19(12)15/h1-6,8-10H,7,11H2. The van der Waals surface area contributed by atoms with Crippen LogP contribution < -0.4 is 10.4 Å². The number of alkyl halides is 1. The zero-order valence-corrected chi connectivity index (χ0v) is 13.0. The highest BCUT2D eigenvalue weighted by Crippen LogP contribution is 2.28. The Balaban J connectivity index is 2.23. The van der Waals surface area contributed by atoms with Crippen LogP contribution in [0.5, 0.6) is 0 Å². The molecule has 102 valence electrons. The molecule has 0 aromatic heterocycles. The highest BCUT2D eigenvalue weighted by Gasteiger charge is 2.07. The molecule has 0 atom stereocenters. The number of benzene rings is 3. The molecule has 0 aliphatic heterocycles. The minimum absolute atomic E-state index is 0.184. The Labute approximate surface area is 130 Å². The minimum atomic E-state index is 0.184. The van der Waals surface area contributed by atoms with E-state index in [0.29, 0.717) is 6.42 Å². The van der Waals surface area contributed by atoms with Crippen LogP contribution in [0.1, 0.15) is 12.0 Å². The van der Waals surface area contributed by atoms with Crippen molar-refractivity contribution in [3.8, 4) is 0 Å². The topological polar surface area (TPSA) is 17.1 Å². The summed E-state index contributed by atoms with van der Waals surface area (Å²) in [6, 6.07) is 15.1. The van der Waals surface area contributed by atoms with E-state index in [9.17, 15) is 4.79 Å². The summed E-state index contributed by atoms with van der Waals surface area (Å²) < 4.78 is 0. The quantitative estimate of drug-likeness (QED) is 0.491. The second-order valence-corrected chi connectivity index (χ2v) is 6.00. The SMILES string of the molecule is O=C1C=c2cc3ccc4cccc(CBr)c4c3cc2=CC1. The predicted molar refractivity (Wildman–Crippen MR) is 91.9 cm³/mol. The highest BCUT2D eigenvalue weighted by molar-refractivity contribution is 9.08. The molecule has 4 rings (SSSR count). The number of hydrogen-bond acceptors (Lipinski definition) is 1. The van der Waals surface area contributed by atoms with Gasteiger partial charge in [-0.05, 0) is 55.8 Å². The van der Waals surface area contributed by atoms with Gasteiger partial charge in [0.25, 0.3) is 0 Å². The molecule has 0 unspecified atom stereocenters. The van der Waals surface area contributed by atoms with Crippen molar-refractivity contribution >= 4 is 55.4 Å². The van der Waals surface area contributed by atoms with Gasteiger partial charge in [0.15, 0.2) is 5.78 Å². The van der Waals surface area contributed by atoms with Gasteiger partial charge in [-0.25, -0.2) is 0 Å². The van der Waals surface area contributed by atoms with Gasteiger partial charge >= 0.3 is 0 Å². The molecule has 0 radical (unpaired) electrons. The fourth-order valence-corrected chi connectivity index (χ4v) is 3.60. The van der Waals surface area contributed by atoms with Gasteiger partial charge < -0.3 is 0 Å². The molecule has 21 heavy (non-hydrogen) atoms. The Morgan fingerprint density at radius 2 is 1.86 bits per heavy atom. The molecule has 0 fully saturated rings. The van der Waals surface area contributed by atoms with E-state index in [2.05, 4.69) is 58.4 Å². The molecule has 0 saturated heterocycles. The third-order valence-electron chi connectivity index (χ3n) is 4.13. The highest BCUT2D eigenvalue weighted by atomic mass is 79.9. The maximum atomic E-state index is 11.6. The van der Waals surface area contributed by atoms with Crippen LogP contribution in [0.2, 0.25) is 0 Å². The maximum absolute atomic E-state index is 11.6. The van der Waals surface area contributed by atoms with Crippen molar-refractivity contribution in [1.82, 2.24) is 0 Å². The summed E-state index contributed by atoms with van der Waals surface area (Å²) in [4.78, 5) is 11.6. The Morgan fingerprint density at radius 1 is 1.00 bits per heavy atom. The first-order chi connectivity index (χ1) is 10.3. The van der Waals surface area contributed by atoms with Crippen molar-refractivity contribution in [2.24, 2.45) is 0 Å². The average Bonchev–Trinajstić information content (AvgIpc) is 2.52. The summed E-state index contributed by atoms with van der Waals surface area (Å²) in [5.41, 5.74) is 1.30. The van der Waals surface area contributed by atoms with E-state index in [0.717, 1.165) is 10.5 Å². The lowest BCUT2D eigenvalue weighted by atomic mass is 9.95. The van der Waals surface area contributed by atoms with Crippen LogP contribution in [0.25, 0.3) is 33.7 Å². The summed E-state index contributed by atoms with van der Waals surface area (Å²) >= 11 is 3.59. The van der Waals surface area contributed by atoms with Gasteiger partial charge in [0.2, 0.25) is 0 Å². The van der Waals surface area contributed by atoms with Crippen molar-refractivity contribution in [2.75, 3.05) is 0 Å². The summed E-state index contributed by atoms with van der Waals surface area (Å²) in [6.45, 7) is 0. The summed E-state index contributed by atoms with van der Waals surface area (Å²) in [5.74, 6) is 0.184. The first-order valence-corrected chi connectivity index (χ1v) is 8.13.